The molecule has 28 heavy (non-hydrogen) atoms. The van der Waals surface area contributed by atoms with Crippen molar-refractivity contribution < 1.29 is 4.74 Å². The molecular weight excluding hydrogens is 350 g/mol. The van der Waals surface area contributed by atoms with Gasteiger partial charge in [-0.3, -0.25) is 4.90 Å². The lowest BCUT2D eigenvalue weighted by atomic mass is 9.80. The van der Waals surface area contributed by atoms with E-state index in [4.69, 9.17) is 4.74 Å². The third-order valence-electron chi connectivity index (χ3n) is 6.93. The van der Waals surface area contributed by atoms with Gasteiger partial charge in [0.2, 0.25) is 0 Å². The molecule has 1 N–H and O–H groups in total. The maximum Gasteiger partial charge on any atom is 0.0810 e. The smallest absolute Gasteiger partial charge is 0.0810 e. The van der Waals surface area contributed by atoms with Crippen LogP contribution >= 0.6 is 0 Å². The number of rotatable bonds is 6. The molecule has 2 aromatic rings. The Bertz CT molecular complexity index is 750. The molecule has 5 rings (SSSR count). The van der Waals surface area contributed by atoms with Crippen LogP contribution in [0.3, 0.4) is 0 Å². The average Bonchev–Trinajstić information content (AvgIpc) is 3.31. The Morgan fingerprint density at radius 1 is 1.11 bits per heavy atom. The lowest BCUT2D eigenvalue weighted by Crippen LogP contribution is -2.55. The standard InChI is InChI=1S/C22H31N5O/c1-2-4-19(5-3-1)16-26-14-15-28-22(18-26)8-6-20(7-9-22)23-17-21(10-11-21)27-13-12-24-25-27/h1-5,12-13,20,23H,6-11,14-18H2. The quantitative estimate of drug-likeness (QED) is 0.833. The van der Waals surface area contributed by atoms with Gasteiger partial charge in [-0.05, 0) is 44.1 Å². The Balaban J connectivity index is 1.12. The zero-order valence-corrected chi connectivity index (χ0v) is 16.6. The molecule has 0 unspecified atom stereocenters. The fourth-order valence-electron chi connectivity index (χ4n) is 4.98. The van der Waals surface area contributed by atoms with Crippen LogP contribution in [0.15, 0.2) is 42.7 Å². The summed E-state index contributed by atoms with van der Waals surface area (Å²) in [6, 6.07) is 11.4. The number of benzene rings is 1. The number of aromatic nitrogens is 3. The molecule has 0 radical (unpaired) electrons. The van der Waals surface area contributed by atoms with Gasteiger partial charge in [-0.15, -0.1) is 5.10 Å². The summed E-state index contributed by atoms with van der Waals surface area (Å²) in [4.78, 5) is 2.58. The van der Waals surface area contributed by atoms with E-state index < -0.39 is 0 Å². The normalized spacial score (nSPS) is 29.8. The van der Waals surface area contributed by atoms with Crippen molar-refractivity contribution in [1.29, 1.82) is 0 Å². The van der Waals surface area contributed by atoms with E-state index in [2.05, 4.69) is 55.5 Å². The van der Waals surface area contributed by atoms with E-state index in [0.29, 0.717) is 6.04 Å². The monoisotopic (exact) mass is 381 g/mol. The van der Waals surface area contributed by atoms with Crippen molar-refractivity contribution in [3.05, 3.63) is 48.3 Å². The Hall–Kier alpha value is -1.76. The highest BCUT2D eigenvalue weighted by Crippen LogP contribution is 2.42. The molecular formula is C22H31N5O. The SMILES string of the molecule is c1ccc(CN2CCOC3(CCC(NCC4(n5ccnn5)CC4)CC3)C2)cc1. The molecule has 1 aliphatic heterocycles. The first-order valence-corrected chi connectivity index (χ1v) is 10.8. The van der Waals surface area contributed by atoms with Crippen LogP contribution in [0.2, 0.25) is 0 Å². The van der Waals surface area contributed by atoms with Crippen molar-refractivity contribution in [2.24, 2.45) is 0 Å². The van der Waals surface area contributed by atoms with Crippen LogP contribution in [0.1, 0.15) is 44.1 Å². The third kappa shape index (κ3) is 3.86. The predicted octanol–water partition coefficient (Wildman–Crippen LogP) is 2.57. The maximum absolute atomic E-state index is 6.35. The van der Waals surface area contributed by atoms with Gasteiger partial charge in [0, 0.05) is 38.4 Å². The van der Waals surface area contributed by atoms with E-state index in [1.807, 2.05) is 6.20 Å². The van der Waals surface area contributed by atoms with Gasteiger partial charge in [0.15, 0.2) is 0 Å². The van der Waals surface area contributed by atoms with E-state index in [-0.39, 0.29) is 11.1 Å². The molecule has 1 aromatic heterocycles. The van der Waals surface area contributed by atoms with Gasteiger partial charge >= 0.3 is 0 Å². The molecule has 1 saturated heterocycles. The Kier molecular flexibility index (Phi) is 4.95. The average molecular weight is 382 g/mol. The van der Waals surface area contributed by atoms with E-state index in [9.17, 15) is 0 Å². The van der Waals surface area contributed by atoms with Crippen LogP contribution in [0.4, 0.5) is 0 Å². The number of hydrogen-bond donors (Lipinski definition) is 1. The first-order chi connectivity index (χ1) is 13.8. The number of ether oxygens (including phenoxy) is 1. The van der Waals surface area contributed by atoms with E-state index in [1.54, 1.807) is 6.20 Å². The fourth-order valence-corrected chi connectivity index (χ4v) is 4.98. The summed E-state index contributed by atoms with van der Waals surface area (Å²) in [6.45, 7) is 5.01. The summed E-state index contributed by atoms with van der Waals surface area (Å²) in [6.07, 6.45) is 10.9. The van der Waals surface area contributed by atoms with Crippen molar-refractivity contribution in [3.63, 3.8) is 0 Å². The van der Waals surface area contributed by atoms with E-state index in [0.717, 1.165) is 45.6 Å². The van der Waals surface area contributed by atoms with Gasteiger partial charge < -0.3 is 10.1 Å². The highest BCUT2D eigenvalue weighted by atomic mass is 16.5. The van der Waals surface area contributed by atoms with Gasteiger partial charge in [-0.25, -0.2) is 4.68 Å². The van der Waals surface area contributed by atoms with Crippen LogP contribution < -0.4 is 5.32 Å². The fraction of sp³-hybridized carbons (Fsp3) is 0.636. The maximum atomic E-state index is 6.35. The van der Waals surface area contributed by atoms with Crippen molar-refractivity contribution in [1.82, 2.24) is 25.2 Å². The van der Waals surface area contributed by atoms with Gasteiger partial charge in [0.1, 0.15) is 0 Å². The van der Waals surface area contributed by atoms with E-state index >= 15 is 0 Å². The number of morpholine rings is 1. The van der Waals surface area contributed by atoms with Crippen molar-refractivity contribution in [2.45, 2.75) is 62.3 Å². The largest absolute Gasteiger partial charge is 0.372 e. The summed E-state index contributed by atoms with van der Waals surface area (Å²) >= 11 is 0. The van der Waals surface area contributed by atoms with Gasteiger partial charge in [0.25, 0.3) is 0 Å². The summed E-state index contributed by atoms with van der Waals surface area (Å²) < 4.78 is 8.40. The molecule has 3 fully saturated rings. The second-order valence-electron chi connectivity index (χ2n) is 8.95. The molecule has 2 aliphatic carbocycles. The lowest BCUT2D eigenvalue weighted by Gasteiger charge is -2.46. The van der Waals surface area contributed by atoms with Crippen molar-refractivity contribution in [3.8, 4) is 0 Å². The highest BCUT2D eigenvalue weighted by molar-refractivity contribution is 5.14. The highest BCUT2D eigenvalue weighted by Gasteiger charge is 2.46. The van der Waals surface area contributed by atoms with Crippen LogP contribution in [0.5, 0.6) is 0 Å². The first-order valence-electron chi connectivity index (χ1n) is 10.8. The second kappa shape index (κ2) is 7.58. The molecule has 0 bridgehead atoms. The predicted molar refractivity (Wildman–Crippen MR) is 108 cm³/mol. The number of nitrogens with zero attached hydrogens (tertiary/aromatic N) is 4. The van der Waals surface area contributed by atoms with Crippen LogP contribution in [-0.4, -0.2) is 57.8 Å². The second-order valence-corrected chi connectivity index (χ2v) is 8.95. The van der Waals surface area contributed by atoms with Crippen LogP contribution in [0.25, 0.3) is 0 Å². The minimum atomic E-state index is 0.0639. The van der Waals surface area contributed by atoms with Gasteiger partial charge in [-0.2, -0.15) is 0 Å². The summed E-state index contributed by atoms with van der Waals surface area (Å²) in [7, 11) is 0. The molecule has 0 amide bonds. The summed E-state index contributed by atoms with van der Waals surface area (Å²) in [5.74, 6) is 0. The van der Waals surface area contributed by atoms with Crippen LogP contribution in [0, 0.1) is 0 Å². The zero-order chi connectivity index (χ0) is 18.9. The minimum absolute atomic E-state index is 0.0639. The molecule has 1 aromatic carbocycles. The molecule has 2 heterocycles. The topological polar surface area (TPSA) is 55.2 Å². The first kappa shape index (κ1) is 18.3. The number of nitrogens with one attached hydrogen (secondary N) is 1. The lowest BCUT2D eigenvalue weighted by molar-refractivity contribution is -0.131. The molecule has 150 valence electrons. The van der Waals surface area contributed by atoms with Crippen molar-refractivity contribution >= 4 is 0 Å². The molecule has 0 atom stereocenters. The Morgan fingerprint density at radius 2 is 1.93 bits per heavy atom. The third-order valence-corrected chi connectivity index (χ3v) is 6.93. The summed E-state index contributed by atoms with van der Waals surface area (Å²) in [5.41, 5.74) is 1.64. The number of hydrogen-bond acceptors (Lipinski definition) is 5. The molecule has 6 nitrogen and oxygen atoms in total. The van der Waals surface area contributed by atoms with Crippen molar-refractivity contribution in [2.75, 3.05) is 26.2 Å². The Morgan fingerprint density at radius 3 is 2.64 bits per heavy atom. The molecule has 3 aliphatic rings. The van der Waals surface area contributed by atoms with E-state index in [1.165, 1.54) is 31.2 Å². The van der Waals surface area contributed by atoms with Gasteiger partial charge in [0.05, 0.1) is 23.9 Å². The summed E-state index contributed by atoms with van der Waals surface area (Å²) in [5, 5.41) is 12.0. The molecule has 2 saturated carbocycles. The van der Waals surface area contributed by atoms with Gasteiger partial charge in [-0.1, -0.05) is 35.5 Å². The molecule has 1 spiro atoms. The Labute approximate surface area is 167 Å². The minimum Gasteiger partial charge on any atom is -0.372 e. The zero-order valence-electron chi connectivity index (χ0n) is 16.6. The molecule has 6 heteroatoms. The van der Waals surface area contributed by atoms with Crippen LogP contribution in [-0.2, 0) is 16.8 Å².